The van der Waals surface area contributed by atoms with E-state index < -0.39 is 5.60 Å². The van der Waals surface area contributed by atoms with E-state index >= 15 is 0 Å². The van der Waals surface area contributed by atoms with E-state index in [1.165, 1.54) is 0 Å². The van der Waals surface area contributed by atoms with Gasteiger partial charge in [0.1, 0.15) is 23.0 Å². The van der Waals surface area contributed by atoms with Gasteiger partial charge in [0.05, 0.1) is 24.4 Å². The molecule has 3 N–H and O–H groups in total. The fraction of sp³-hybridized carbons (Fsp3) is 0.517. The van der Waals surface area contributed by atoms with Crippen LogP contribution in [-0.2, 0) is 4.74 Å². The molecule has 12 nitrogen and oxygen atoms in total. The lowest BCUT2D eigenvalue weighted by molar-refractivity contribution is 0.0240. The molecular formula is C29H40N8O4. The SMILES string of the molecule is COc1cc(N2CCN(C(=O)OC(C)(C)C)CC2)ccc1Nc1nc(NC2CCN(C)CC2)cc2cn[nH]c(=O)c12. The van der Waals surface area contributed by atoms with Crippen LogP contribution in [0.4, 0.5) is 27.8 Å². The van der Waals surface area contributed by atoms with Crippen molar-refractivity contribution in [2.45, 2.75) is 45.3 Å². The van der Waals surface area contributed by atoms with Gasteiger partial charge in [-0.1, -0.05) is 0 Å². The first-order valence-electron chi connectivity index (χ1n) is 14.1. The van der Waals surface area contributed by atoms with Gasteiger partial charge in [-0.3, -0.25) is 4.79 Å². The van der Waals surface area contributed by atoms with E-state index in [9.17, 15) is 9.59 Å². The maximum atomic E-state index is 12.8. The smallest absolute Gasteiger partial charge is 0.410 e. The van der Waals surface area contributed by atoms with Crippen molar-refractivity contribution in [3.8, 4) is 5.75 Å². The Morgan fingerprint density at radius 3 is 2.49 bits per heavy atom. The number of hydrogen-bond donors (Lipinski definition) is 3. The molecule has 41 heavy (non-hydrogen) atoms. The molecule has 0 aliphatic carbocycles. The van der Waals surface area contributed by atoms with Gasteiger partial charge in [0.25, 0.3) is 5.56 Å². The number of fused-ring (bicyclic) bond motifs is 1. The molecule has 2 saturated heterocycles. The number of aromatic nitrogens is 3. The van der Waals surface area contributed by atoms with Gasteiger partial charge in [-0.15, -0.1) is 0 Å². The van der Waals surface area contributed by atoms with E-state index in [-0.39, 0.29) is 11.7 Å². The van der Waals surface area contributed by atoms with Crippen molar-refractivity contribution >= 4 is 39.9 Å². The van der Waals surface area contributed by atoms with Crippen LogP contribution in [0.15, 0.2) is 35.3 Å². The highest BCUT2D eigenvalue weighted by Gasteiger charge is 2.26. The van der Waals surface area contributed by atoms with Gasteiger partial charge >= 0.3 is 6.09 Å². The van der Waals surface area contributed by atoms with Crippen LogP contribution in [0.25, 0.3) is 10.8 Å². The number of aromatic amines is 1. The number of H-pyrrole nitrogens is 1. The third-order valence-corrected chi connectivity index (χ3v) is 7.45. The molecule has 0 bridgehead atoms. The average molecular weight is 565 g/mol. The average Bonchev–Trinajstić information content (AvgIpc) is 2.93. The molecule has 2 fully saturated rings. The number of methoxy groups -OCH3 is 1. The molecule has 0 atom stereocenters. The second kappa shape index (κ2) is 11.8. The summed E-state index contributed by atoms with van der Waals surface area (Å²) in [6.45, 7) is 10.2. The van der Waals surface area contributed by atoms with Gasteiger partial charge in [0.2, 0.25) is 0 Å². The van der Waals surface area contributed by atoms with Crippen molar-refractivity contribution in [1.82, 2.24) is 25.0 Å². The highest BCUT2D eigenvalue weighted by atomic mass is 16.6. The van der Waals surface area contributed by atoms with Crippen LogP contribution in [0.2, 0.25) is 0 Å². The molecule has 4 heterocycles. The largest absolute Gasteiger partial charge is 0.494 e. The minimum absolute atomic E-state index is 0.285. The molecule has 3 aromatic rings. The second-order valence-corrected chi connectivity index (χ2v) is 11.7. The number of rotatable bonds is 6. The third kappa shape index (κ3) is 6.82. The number of ether oxygens (including phenoxy) is 2. The fourth-order valence-corrected chi connectivity index (χ4v) is 5.23. The maximum absolute atomic E-state index is 12.8. The zero-order chi connectivity index (χ0) is 29.1. The molecule has 2 aliphatic rings. The van der Waals surface area contributed by atoms with Crippen LogP contribution in [0.1, 0.15) is 33.6 Å². The summed E-state index contributed by atoms with van der Waals surface area (Å²) in [4.78, 5) is 36.3. The summed E-state index contributed by atoms with van der Waals surface area (Å²) in [5.41, 5.74) is 0.828. The number of benzene rings is 1. The molecular weight excluding hydrogens is 524 g/mol. The molecule has 5 rings (SSSR count). The number of carbonyl (C=O) groups excluding carboxylic acids is 1. The molecule has 12 heteroatoms. The Kier molecular flexibility index (Phi) is 8.20. The fourth-order valence-electron chi connectivity index (χ4n) is 5.23. The topological polar surface area (TPSA) is 128 Å². The summed E-state index contributed by atoms with van der Waals surface area (Å²) in [5, 5.41) is 14.5. The number of anilines is 4. The van der Waals surface area contributed by atoms with Crippen molar-refractivity contribution in [3.63, 3.8) is 0 Å². The molecule has 220 valence electrons. The van der Waals surface area contributed by atoms with E-state index in [1.54, 1.807) is 18.2 Å². The summed E-state index contributed by atoms with van der Waals surface area (Å²) in [6, 6.07) is 8.07. The van der Waals surface area contributed by atoms with Gasteiger partial charge in [-0.2, -0.15) is 5.10 Å². The van der Waals surface area contributed by atoms with Crippen molar-refractivity contribution in [1.29, 1.82) is 0 Å². The summed E-state index contributed by atoms with van der Waals surface area (Å²) >= 11 is 0. The van der Waals surface area contributed by atoms with Gasteiger partial charge in [-0.25, -0.2) is 14.9 Å². The highest BCUT2D eigenvalue weighted by molar-refractivity contribution is 5.94. The predicted octanol–water partition coefficient (Wildman–Crippen LogP) is 3.63. The van der Waals surface area contributed by atoms with Crippen molar-refractivity contribution in [3.05, 3.63) is 40.8 Å². The maximum Gasteiger partial charge on any atom is 0.410 e. The Bertz CT molecular complexity index is 1440. The molecule has 0 unspecified atom stereocenters. The summed E-state index contributed by atoms with van der Waals surface area (Å²) in [5.74, 6) is 1.74. The monoisotopic (exact) mass is 564 g/mol. The van der Waals surface area contributed by atoms with E-state index in [0.717, 1.165) is 31.6 Å². The number of nitrogens with zero attached hydrogens (tertiary/aromatic N) is 5. The number of amides is 1. The summed E-state index contributed by atoms with van der Waals surface area (Å²) < 4.78 is 11.3. The molecule has 2 aliphatic heterocycles. The van der Waals surface area contributed by atoms with Crippen LogP contribution >= 0.6 is 0 Å². The normalized spacial score (nSPS) is 17.0. The van der Waals surface area contributed by atoms with Crippen LogP contribution in [0.3, 0.4) is 0 Å². The third-order valence-electron chi connectivity index (χ3n) is 7.45. The Morgan fingerprint density at radius 1 is 1.07 bits per heavy atom. The number of nitrogens with one attached hydrogen (secondary N) is 3. The number of likely N-dealkylation sites (tertiary alicyclic amines) is 1. The van der Waals surface area contributed by atoms with Gasteiger partial charge < -0.3 is 34.8 Å². The first-order chi connectivity index (χ1) is 19.6. The minimum Gasteiger partial charge on any atom is -0.494 e. The Labute approximate surface area is 240 Å². The molecule has 2 aromatic heterocycles. The van der Waals surface area contributed by atoms with E-state index in [4.69, 9.17) is 14.5 Å². The molecule has 0 spiro atoms. The number of carbonyl (C=O) groups is 1. The summed E-state index contributed by atoms with van der Waals surface area (Å²) in [7, 11) is 3.75. The first kappa shape index (κ1) is 28.5. The molecule has 1 aromatic carbocycles. The number of pyridine rings is 1. The van der Waals surface area contributed by atoms with Crippen LogP contribution in [0.5, 0.6) is 5.75 Å². The molecule has 0 saturated carbocycles. The number of piperidine rings is 1. The van der Waals surface area contributed by atoms with Crippen LogP contribution in [-0.4, -0.2) is 96.1 Å². The van der Waals surface area contributed by atoms with Gasteiger partial charge in [-0.05, 0) is 71.9 Å². The van der Waals surface area contributed by atoms with Crippen molar-refractivity contribution < 1.29 is 14.3 Å². The lowest BCUT2D eigenvalue weighted by Gasteiger charge is -2.37. The zero-order valence-corrected chi connectivity index (χ0v) is 24.5. The van der Waals surface area contributed by atoms with Gasteiger partial charge in [0.15, 0.2) is 0 Å². The number of piperazine rings is 1. The van der Waals surface area contributed by atoms with E-state index in [2.05, 4.69) is 37.7 Å². The Morgan fingerprint density at radius 2 is 1.80 bits per heavy atom. The second-order valence-electron chi connectivity index (χ2n) is 11.7. The van der Waals surface area contributed by atoms with Crippen LogP contribution < -0.4 is 25.8 Å². The predicted molar refractivity (Wildman–Crippen MR) is 161 cm³/mol. The Balaban J connectivity index is 1.35. The van der Waals surface area contributed by atoms with E-state index in [0.29, 0.717) is 66.1 Å². The lowest BCUT2D eigenvalue weighted by atomic mass is 10.1. The standard InChI is InChI=1S/C29H40N8O4/c1-29(2,3)41-28(39)37-14-12-36(13-15-37)21-6-7-22(23(17-21)40-5)32-26-25-19(18-30-34-27(25)38)16-24(33-26)31-20-8-10-35(4)11-9-20/h6-7,16-18,20H,8-15H2,1-5H3,(H,34,38)(H2,31,32,33). The Hall–Kier alpha value is -4.06. The van der Waals surface area contributed by atoms with E-state index in [1.807, 2.05) is 45.0 Å². The lowest BCUT2D eigenvalue weighted by Crippen LogP contribution is -2.50. The first-order valence-corrected chi connectivity index (χ1v) is 14.1. The highest BCUT2D eigenvalue weighted by Crippen LogP contribution is 2.34. The zero-order valence-electron chi connectivity index (χ0n) is 24.5. The minimum atomic E-state index is -0.519. The quantitative estimate of drug-likeness (QED) is 0.408. The van der Waals surface area contributed by atoms with Gasteiger partial charge in [0, 0.05) is 49.4 Å². The van der Waals surface area contributed by atoms with Crippen LogP contribution in [0, 0.1) is 0 Å². The van der Waals surface area contributed by atoms with Crippen molar-refractivity contribution in [2.75, 3.05) is 69.0 Å². The molecule has 1 amide bonds. The molecule has 0 radical (unpaired) electrons. The summed E-state index contributed by atoms with van der Waals surface area (Å²) in [6.07, 6.45) is 3.40. The van der Waals surface area contributed by atoms with Crippen molar-refractivity contribution in [2.24, 2.45) is 0 Å². The number of hydrogen-bond acceptors (Lipinski definition) is 10.